The topological polar surface area (TPSA) is 45.5 Å². The van der Waals surface area contributed by atoms with Gasteiger partial charge in [-0.25, -0.2) is 9.97 Å². The van der Waals surface area contributed by atoms with Gasteiger partial charge in [-0.3, -0.25) is 4.40 Å². The van der Waals surface area contributed by atoms with Crippen molar-refractivity contribution in [2.24, 2.45) is 0 Å². The molecule has 3 heterocycles. The van der Waals surface area contributed by atoms with Gasteiger partial charge < -0.3 is 10.2 Å². The molecule has 0 amide bonds. The first-order chi connectivity index (χ1) is 10.3. The Labute approximate surface area is 123 Å². The lowest BCUT2D eigenvalue weighted by molar-refractivity contribution is 0.636. The predicted octanol–water partition coefficient (Wildman–Crippen LogP) is 2.55. The molecule has 1 N–H and O–H groups in total. The molecule has 0 saturated heterocycles. The number of nitrogens with zero attached hydrogens (tertiary/aromatic N) is 4. The van der Waals surface area contributed by atoms with Gasteiger partial charge in [0.1, 0.15) is 0 Å². The molecule has 1 unspecified atom stereocenters. The van der Waals surface area contributed by atoms with Gasteiger partial charge in [-0.15, -0.1) is 0 Å². The maximum atomic E-state index is 4.60. The van der Waals surface area contributed by atoms with Gasteiger partial charge in [0.15, 0.2) is 0 Å². The van der Waals surface area contributed by atoms with Gasteiger partial charge in [0.2, 0.25) is 5.78 Å². The lowest BCUT2D eigenvalue weighted by Gasteiger charge is -2.37. The number of hydrogen-bond acceptors (Lipinski definition) is 4. The first kappa shape index (κ1) is 12.2. The molecule has 0 saturated carbocycles. The molecule has 2 aromatic heterocycles. The van der Waals surface area contributed by atoms with E-state index in [0.29, 0.717) is 6.04 Å². The molecule has 0 fully saturated rings. The third-order valence-corrected chi connectivity index (χ3v) is 3.95. The molecule has 1 atom stereocenters. The van der Waals surface area contributed by atoms with Crippen LogP contribution in [0.4, 0.5) is 11.4 Å². The van der Waals surface area contributed by atoms with Crippen LogP contribution in [-0.2, 0) is 6.54 Å². The lowest BCUT2D eigenvalue weighted by atomic mass is 10.1. The molecule has 21 heavy (non-hydrogen) atoms. The average molecular weight is 279 g/mol. The Balaban J connectivity index is 1.69. The first-order valence-corrected chi connectivity index (χ1v) is 7.19. The fourth-order valence-corrected chi connectivity index (χ4v) is 2.85. The van der Waals surface area contributed by atoms with Gasteiger partial charge >= 0.3 is 0 Å². The van der Waals surface area contributed by atoms with E-state index in [-0.39, 0.29) is 0 Å². The zero-order valence-corrected chi connectivity index (χ0v) is 11.9. The molecule has 4 rings (SSSR count). The maximum absolute atomic E-state index is 4.60. The molecule has 1 aliphatic heterocycles. The second-order valence-corrected chi connectivity index (χ2v) is 5.43. The van der Waals surface area contributed by atoms with Crippen molar-refractivity contribution < 1.29 is 0 Å². The van der Waals surface area contributed by atoms with Crippen molar-refractivity contribution in [2.75, 3.05) is 16.8 Å². The zero-order chi connectivity index (χ0) is 14.2. The van der Waals surface area contributed by atoms with Crippen molar-refractivity contribution in [3.05, 3.63) is 54.6 Å². The van der Waals surface area contributed by atoms with Crippen LogP contribution in [0.3, 0.4) is 0 Å². The highest BCUT2D eigenvalue weighted by molar-refractivity contribution is 5.72. The Bertz CT molecular complexity index is 746. The van der Waals surface area contributed by atoms with Crippen LogP contribution in [0.25, 0.3) is 5.78 Å². The molecule has 106 valence electrons. The number of imidazole rings is 1. The number of anilines is 2. The summed E-state index contributed by atoms with van der Waals surface area (Å²) in [5.41, 5.74) is 3.47. The minimum atomic E-state index is 0.428. The van der Waals surface area contributed by atoms with Crippen LogP contribution in [0.15, 0.2) is 48.9 Å². The normalized spacial score (nSPS) is 17.6. The SMILES string of the molecule is CC1CNc2ccccc2N1Cc1cn2cccnc2n1. The Morgan fingerprint density at radius 1 is 1.29 bits per heavy atom. The molecule has 0 bridgehead atoms. The Morgan fingerprint density at radius 2 is 2.19 bits per heavy atom. The standard InChI is InChI=1S/C16H17N5/c1-12-9-18-14-5-2-3-6-15(14)21(12)11-13-10-20-8-4-7-17-16(20)19-13/h2-8,10,12,18H,9,11H2,1H3. The predicted molar refractivity (Wildman–Crippen MR) is 83.6 cm³/mol. The van der Waals surface area contributed by atoms with Crippen molar-refractivity contribution in [2.45, 2.75) is 19.5 Å². The number of rotatable bonds is 2. The maximum Gasteiger partial charge on any atom is 0.233 e. The number of hydrogen-bond donors (Lipinski definition) is 1. The highest BCUT2D eigenvalue weighted by Gasteiger charge is 2.23. The molecule has 1 aliphatic rings. The lowest BCUT2D eigenvalue weighted by Crippen LogP contribution is -2.41. The Hall–Kier alpha value is -2.56. The fourth-order valence-electron chi connectivity index (χ4n) is 2.85. The summed E-state index contributed by atoms with van der Waals surface area (Å²) >= 11 is 0. The third-order valence-electron chi connectivity index (χ3n) is 3.95. The first-order valence-electron chi connectivity index (χ1n) is 7.19. The van der Waals surface area contributed by atoms with Crippen LogP contribution in [0.5, 0.6) is 0 Å². The van der Waals surface area contributed by atoms with Crippen molar-refractivity contribution in [3.8, 4) is 0 Å². The number of para-hydroxylation sites is 2. The zero-order valence-electron chi connectivity index (χ0n) is 11.9. The highest BCUT2D eigenvalue weighted by atomic mass is 15.2. The van der Waals surface area contributed by atoms with Crippen molar-refractivity contribution >= 4 is 17.2 Å². The van der Waals surface area contributed by atoms with Gasteiger partial charge in [0.05, 0.1) is 23.6 Å². The van der Waals surface area contributed by atoms with Crippen LogP contribution in [0.2, 0.25) is 0 Å². The quantitative estimate of drug-likeness (QED) is 0.783. The van der Waals surface area contributed by atoms with Gasteiger partial charge in [-0.05, 0) is 25.1 Å². The van der Waals surface area contributed by atoms with Crippen LogP contribution in [-0.4, -0.2) is 27.0 Å². The van der Waals surface area contributed by atoms with E-state index in [1.165, 1.54) is 11.4 Å². The number of benzene rings is 1. The molecule has 5 heteroatoms. The van der Waals surface area contributed by atoms with Gasteiger partial charge in [-0.1, -0.05) is 12.1 Å². The minimum Gasteiger partial charge on any atom is -0.381 e. The summed E-state index contributed by atoms with van der Waals surface area (Å²) in [7, 11) is 0. The molecule has 0 aliphatic carbocycles. The summed E-state index contributed by atoms with van der Waals surface area (Å²) in [6.07, 6.45) is 5.81. The van der Waals surface area contributed by atoms with E-state index in [1.807, 2.05) is 16.7 Å². The van der Waals surface area contributed by atoms with E-state index in [1.54, 1.807) is 6.20 Å². The minimum absolute atomic E-state index is 0.428. The molecule has 1 aromatic carbocycles. The Morgan fingerprint density at radius 3 is 3.10 bits per heavy atom. The summed E-state index contributed by atoms with van der Waals surface area (Å²) in [6.45, 7) is 3.98. The second-order valence-electron chi connectivity index (χ2n) is 5.43. The largest absolute Gasteiger partial charge is 0.381 e. The number of nitrogens with one attached hydrogen (secondary N) is 1. The molecular weight excluding hydrogens is 262 g/mol. The van der Waals surface area contributed by atoms with Gasteiger partial charge in [0, 0.05) is 31.2 Å². The van der Waals surface area contributed by atoms with Crippen LogP contribution in [0, 0.1) is 0 Å². The summed E-state index contributed by atoms with van der Waals surface area (Å²) in [5.74, 6) is 0.753. The van der Waals surface area contributed by atoms with Crippen LogP contribution in [0.1, 0.15) is 12.6 Å². The van der Waals surface area contributed by atoms with Gasteiger partial charge in [0.25, 0.3) is 0 Å². The van der Waals surface area contributed by atoms with Crippen molar-refractivity contribution in [1.82, 2.24) is 14.4 Å². The van der Waals surface area contributed by atoms with Crippen LogP contribution < -0.4 is 10.2 Å². The summed E-state index contributed by atoms with van der Waals surface area (Å²) < 4.78 is 1.97. The second kappa shape index (κ2) is 4.77. The number of fused-ring (bicyclic) bond motifs is 2. The summed E-state index contributed by atoms with van der Waals surface area (Å²) in [4.78, 5) is 11.3. The van der Waals surface area contributed by atoms with Gasteiger partial charge in [-0.2, -0.15) is 0 Å². The van der Waals surface area contributed by atoms with Crippen molar-refractivity contribution in [1.29, 1.82) is 0 Å². The molecule has 5 nitrogen and oxygen atoms in total. The number of aromatic nitrogens is 3. The Kier molecular flexibility index (Phi) is 2.77. The van der Waals surface area contributed by atoms with E-state index in [2.05, 4.69) is 57.6 Å². The molecule has 0 spiro atoms. The summed E-state index contributed by atoms with van der Waals surface area (Å²) in [6, 6.07) is 10.8. The van der Waals surface area contributed by atoms with E-state index < -0.39 is 0 Å². The molecule has 3 aromatic rings. The van der Waals surface area contributed by atoms with Crippen molar-refractivity contribution in [3.63, 3.8) is 0 Å². The summed E-state index contributed by atoms with van der Waals surface area (Å²) in [5, 5.41) is 3.48. The smallest absolute Gasteiger partial charge is 0.233 e. The van der Waals surface area contributed by atoms with E-state index in [9.17, 15) is 0 Å². The molecule has 0 radical (unpaired) electrons. The monoisotopic (exact) mass is 279 g/mol. The van der Waals surface area contributed by atoms with E-state index >= 15 is 0 Å². The van der Waals surface area contributed by atoms with Crippen LogP contribution >= 0.6 is 0 Å². The van der Waals surface area contributed by atoms with E-state index in [4.69, 9.17) is 0 Å². The van der Waals surface area contributed by atoms with E-state index in [0.717, 1.165) is 24.6 Å². The molecular formula is C16H17N5. The highest BCUT2D eigenvalue weighted by Crippen LogP contribution is 2.32. The third kappa shape index (κ3) is 2.11. The fraction of sp³-hybridized carbons (Fsp3) is 0.250. The average Bonchev–Trinajstić information content (AvgIpc) is 2.92.